The minimum atomic E-state index is -0.612. The molecule has 0 aliphatic heterocycles. The topological polar surface area (TPSA) is 69.2 Å². The van der Waals surface area contributed by atoms with Gasteiger partial charge in [0.2, 0.25) is 0 Å². The van der Waals surface area contributed by atoms with Crippen LogP contribution in [-0.2, 0) is 0 Å². The number of H-pyrrole nitrogens is 1. The van der Waals surface area contributed by atoms with E-state index in [0.717, 1.165) is 25.7 Å². The molecule has 0 aromatic carbocycles. The lowest BCUT2D eigenvalue weighted by molar-refractivity contribution is 0.0558. The third-order valence-electron chi connectivity index (χ3n) is 3.12. The van der Waals surface area contributed by atoms with Gasteiger partial charge in [-0.1, -0.05) is 12.8 Å². The second kappa shape index (κ2) is 4.25. The van der Waals surface area contributed by atoms with Crippen molar-refractivity contribution in [3.05, 3.63) is 22.7 Å². The van der Waals surface area contributed by atoms with E-state index in [4.69, 9.17) is 0 Å². The van der Waals surface area contributed by atoms with E-state index in [2.05, 4.69) is 9.97 Å². The van der Waals surface area contributed by atoms with Crippen LogP contribution in [0.4, 0.5) is 5.82 Å². The summed E-state index contributed by atoms with van der Waals surface area (Å²) in [6.45, 7) is 0.531. The van der Waals surface area contributed by atoms with E-state index in [0.29, 0.717) is 12.4 Å². The molecule has 1 aromatic heterocycles. The Bertz CT molecular complexity index is 410. The van der Waals surface area contributed by atoms with Crippen LogP contribution in [0, 0.1) is 0 Å². The van der Waals surface area contributed by atoms with Crippen molar-refractivity contribution in [1.82, 2.24) is 9.97 Å². The van der Waals surface area contributed by atoms with Gasteiger partial charge in [0.1, 0.15) is 5.82 Å². The Kier molecular flexibility index (Phi) is 2.96. The number of nitrogens with one attached hydrogen (secondary N) is 1. The molecular formula is C11H17N3O2. The van der Waals surface area contributed by atoms with Gasteiger partial charge in [0.25, 0.3) is 5.56 Å². The summed E-state index contributed by atoms with van der Waals surface area (Å²) in [6, 6.07) is 1.44. The molecule has 1 aliphatic rings. The van der Waals surface area contributed by atoms with Gasteiger partial charge in [-0.25, -0.2) is 4.98 Å². The highest BCUT2D eigenvalue weighted by Gasteiger charge is 2.32. The number of anilines is 1. The number of rotatable bonds is 3. The first-order valence-corrected chi connectivity index (χ1v) is 5.57. The van der Waals surface area contributed by atoms with E-state index < -0.39 is 5.60 Å². The molecular weight excluding hydrogens is 206 g/mol. The smallest absolute Gasteiger partial charge is 0.252 e. The molecule has 1 aromatic rings. The van der Waals surface area contributed by atoms with Crippen molar-refractivity contribution in [3.8, 4) is 0 Å². The first-order chi connectivity index (χ1) is 7.59. The van der Waals surface area contributed by atoms with Crippen LogP contribution >= 0.6 is 0 Å². The summed E-state index contributed by atoms with van der Waals surface area (Å²) >= 11 is 0. The minimum absolute atomic E-state index is 0.171. The van der Waals surface area contributed by atoms with Crippen LogP contribution in [0.2, 0.25) is 0 Å². The van der Waals surface area contributed by atoms with Gasteiger partial charge in [0.05, 0.1) is 11.9 Å². The molecule has 5 nitrogen and oxygen atoms in total. The summed E-state index contributed by atoms with van der Waals surface area (Å²) in [5.74, 6) is 0.601. The van der Waals surface area contributed by atoms with Crippen LogP contribution in [0.1, 0.15) is 25.7 Å². The first kappa shape index (κ1) is 11.1. The SMILES string of the molecule is CN(CC1(O)CCCC1)c1cc(=O)[nH]cn1. The molecule has 5 heteroatoms. The molecule has 1 saturated carbocycles. The summed E-state index contributed by atoms with van der Waals surface area (Å²) in [7, 11) is 1.85. The van der Waals surface area contributed by atoms with E-state index in [9.17, 15) is 9.90 Å². The van der Waals surface area contributed by atoms with Crippen LogP contribution in [-0.4, -0.2) is 34.3 Å². The molecule has 0 saturated heterocycles. The van der Waals surface area contributed by atoms with Gasteiger partial charge in [-0.3, -0.25) is 4.79 Å². The van der Waals surface area contributed by atoms with E-state index in [1.54, 1.807) is 0 Å². The summed E-state index contributed by atoms with van der Waals surface area (Å²) in [5.41, 5.74) is -0.783. The summed E-state index contributed by atoms with van der Waals surface area (Å²) < 4.78 is 0. The normalized spacial score (nSPS) is 18.6. The van der Waals surface area contributed by atoms with Crippen molar-refractivity contribution >= 4 is 5.82 Å². The van der Waals surface area contributed by atoms with Gasteiger partial charge >= 0.3 is 0 Å². The predicted molar refractivity (Wildman–Crippen MR) is 61.5 cm³/mol. The van der Waals surface area contributed by atoms with Gasteiger partial charge in [-0.15, -0.1) is 0 Å². The van der Waals surface area contributed by atoms with Gasteiger partial charge in [0.15, 0.2) is 0 Å². The Balaban J connectivity index is 2.08. The molecule has 1 heterocycles. The summed E-state index contributed by atoms with van der Waals surface area (Å²) in [5, 5.41) is 10.2. The molecule has 0 amide bonds. The highest BCUT2D eigenvalue weighted by molar-refractivity contribution is 5.35. The summed E-state index contributed by atoms with van der Waals surface area (Å²) in [4.78, 5) is 19.5. The number of hydrogen-bond acceptors (Lipinski definition) is 4. The Morgan fingerprint density at radius 1 is 1.56 bits per heavy atom. The molecule has 0 unspecified atom stereocenters. The maximum absolute atomic E-state index is 11.1. The van der Waals surface area contributed by atoms with Crippen molar-refractivity contribution in [3.63, 3.8) is 0 Å². The monoisotopic (exact) mass is 223 g/mol. The molecule has 88 valence electrons. The van der Waals surface area contributed by atoms with Gasteiger partial charge < -0.3 is 15.0 Å². The lowest BCUT2D eigenvalue weighted by Gasteiger charge is -2.29. The third-order valence-corrected chi connectivity index (χ3v) is 3.12. The molecule has 0 atom stereocenters. The quantitative estimate of drug-likeness (QED) is 0.783. The van der Waals surface area contributed by atoms with Crippen LogP contribution in [0.3, 0.4) is 0 Å². The number of aliphatic hydroxyl groups is 1. The van der Waals surface area contributed by atoms with Crippen molar-refractivity contribution < 1.29 is 5.11 Å². The fourth-order valence-corrected chi connectivity index (χ4v) is 2.28. The zero-order valence-electron chi connectivity index (χ0n) is 9.44. The molecule has 2 N–H and O–H groups in total. The average Bonchev–Trinajstić information content (AvgIpc) is 2.65. The molecule has 0 spiro atoms. The Morgan fingerprint density at radius 2 is 2.25 bits per heavy atom. The Hall–Kier alpha value is -1.36. The molecule has 1 fully saturated rings. The van der Waals surface area contributed by atoms with E-state index >= 15 is 0 Å². The van der Waals surface area contributed by atoms with Crippen LogP contribution in [0.25, 0.3) is 0 Å². The van der Waals surface area contributed by atoms with Crippen LogP contribution < -0.4 is 10.5 Å². The van der Waals surface area contributed by atoms with E-state index in [-0.39, 0.29) is 5.56 Å². The second-order valence-electron chi connectivity index (χ2n) is 4.56. The lowest BCUT2D eigenvalue weighted by Crippen LogP contribution is -2.39. The van der Waals surface area contributed by atoms with Crippen molar-refractivity contribution in [2.45, 2.75) is 31.3 Å². The predicted octanol–water partition coefficient (Wildman–Crippen LogP) is 0.511. The minimum Gasteiger partial charge on any atom is -0.388 e. The average molecular weight is 223 g/mol. The summed E-state index contributed by atoms with van der Waals surface area (Å²) in [6.07, 6.45) is 5.20. The fraction of sp³-hybridized carbons (Fsp3) is 0.636. The van der Waals surface area contributed by atoms with Crippen molar-refractivity contribution in [1.29, 1.82) is 0 Å². The number of likely N-dealkylation sites (N-methyl/N-ethyl adjacent to an activating group) is 1. The number of nitrogens with zero attached hydrogens (tertiary/aromatic N) is 2. The lowest BCUT2D eigenvalue weighted by atomic mass is 10.0. The maximum Gasteiger partial charge on any atom is 0.252 e. The van der Waals surface area contributed by atoms with Gasteiger partial charge in [-0.05, 0) is 12.8 Å². The molecule has 0 bridgehead atoms. The zero-order chi connectivity index (χ0) is 11.6. The first-order valence-electron chi connectivity index (χ1n) is 5.57. The zero-order valence-corrected chi connectivity index (χ0v) is 9.44. The highest BCUT2D eigenvalue weighted by Crippen LogP contribution is 2.30. The largest absolute Gasteiger partial charge is 0.388 e. The Labute approximate surface area is 94.1 Å². The highest BCUT2D eigenvalue weighted by atomic mass is 16.3. The number of aromatic amines is 1. The van der Waals surface area contributed by atoms with Crippen LogP contribution in [0.15, 0.2) is 17.2 Å². The van der Waals surface area contributed by atoms with Gasteiger partial charge in [0, 0.05) is 19.7 Å². The second-order valence-corrected chi connectivity index (χ2v) is 4.56. The fourth-order valence-electron chi connectivity index (χ4n) is 2.28. The maximum atomic E-state index is 11.1. The number of hydrogen-bond donors (Lipinski definition) is 2. The standard InChI is InChI=1S/C11H17N3O2/c1-14(7-11(16)4-2-3-5-11)9-6-10(15)13-8-12-9/h6,8,16H,2-5,7H2,1H3,(H,12,13,15). The molecule has 2 rings (SSSR count). The molecule has 16 heavy (non-hydrogen) atoms. The van der Waals surface area contributed by atoms with E-state index in [1.165, 1.54) is 12.4 Å². The Morgan fingerprint density at radius 3 is 2.88 bits per heavy atom. The van der Waals surface area contributed by atoms with Crippen molar-refractivity contribution in [2.75, 3.05) is 18.5 Å². The van der Waals surface area contributed by atoms with Crippen molar-refractivity contribution in [2.24, 2.45) is 0 Å². The van der Waals surface area contributed by atoms with Gasteiger partial charge in [-0.2, -0.15) is 0 Å². The van der Waals surface area contributed by atoms with Crippen LogP contribution in [0.5, 0.6) is 0 Å². The van der Waals surface area contributed by atoms with E-state index in [1.807, 2.05) is 11.9 Å². The number of aromatic nitrogens is 2. The molecule has 0 radical (unpaired) electrons. The third kappa shape index (κ3) is 2.41. The molecule has 1 aliphatic carbocycles.